The van der Waals surface area contributed by atoms with Crippen LogP contribution in [0.5, 0.6) is 0 Å². The maximum absolute atomic E-state index is 6.13. The Hall–Kier alpha value is -1.96. The van der Waals surface area contributed by atoms with Crippen LogP contribution in [0, 0.1) is 0 Å². The van der Waals surface area contributed by atoms with E-state index in [1.54, 1.807) is 17.7 Å². The first-order chi connectivity index (χ1) is 12.8. The molecule has 3 aromatic rings. The minimum Gasteiger partial charge on any atom is -0.399 e. The van der Waals surface area contributed by atoms with Gasteiger partial charge in [0, 0.05) is 6.04 Å². The summed E-state index contributed by atoms with van der Waals surface area (Å²) in [5.41, 5.74) is 1.55. The van der Waals surface area contributed by atoms with Gasteiger partial charge < -0.3 is 14.6 Å². The number of rotatable bonds is 4. The van der Waals surface area contributed by atoms with Gasteiger partial charge in [-0.3, -0.25) is 0 Å². The van der Waals surface area contributed by atoms with E-state index in [4.69, 9.17) is 9.31 Å². The van der Waals surface area contributed by atoms with Crippen LogP contribution in [0.3, 0.4) is 0 Å². The molecule has 0 amide bonds. The molecule has 0 spiro atoms. The van der Waals surface area contributed by atoms with E-state index in [1.165, 1.54) is 5.56 Å². The van der Waals surface area contributed by atoms with Crippen molar-refractivity contribution in [2.24, 2.45) is 0 Å². The predicted molar refractivity (Wildman–Crippen MR) is 112 cm³/mol. The molecule has 2 aromatic heterocycles. The van der Waals surface area contributed by atoms with Crippen LogP contribution >= 0.6 is 11.3 Å². The number of hydrogen-bond donors (Lipinski definition) is 1. The molecule has 1 aliphatic heterocycles. The second-order valence-electron chi connectivity index (χ2n) is 7.98. The monoisotopic (exact) mass is 381 g/mol. The van der Waals surface area contributed by atoms with Gasteiger partial charge >= 0.3 is 7.12 Å². The second kappa shape index (κ2) is 6.58. The van der Waals surface area contributed by atoms with Gasteiger partial charge in [0.15, 0.2) is 0 Å². The zero-order valence-corrected chi connectivity index (χ0v) is 17.1. The van der Waals surface area contributed by atoms with Crippen LogP contribution in [-0.4, -0.2) is 28.3 Å². The van der Waals surface area contributed by atoms with Gasteiger partial charge in [0.1, 0.15) is 17.0 Å². The van der Waals surface area contributed by atoms with Gasteiger partial charge in [0.05, 0.1) is 16.6 Å². The van der Waals surface area contributed by atoms with Crippen LogP contribution < -0.4 is 10.8 Å². The lowest BCUT2D eigenvalue weighted by molar-refractivity contribution is 0.00578. The molecule has 0 radical (unpaired) electrons. The van der Waals surface area contributed by atoms with Crippen molar-refractivity contribution in [3.05, 3.63) is 47.6 Å². The number of thiophene rings is 1. The first-order valence-corrected chi connectivity index (χ1v) is 10.0. The van der Waals surface area contributed by atoms with Gasteiger partial charge in [-0.1, -0.05) is 24.3 Å². The molecule has 4 rings (SSSR count). The van der Waals surface area contributed by atoms with E-state index in [0.29, 0.717) is 0 Å². The molecule has 1 aliphatic rings. The third-order valence-electron chi connectivity index (χ3n) is 5.58. The van der Waals surface area contributed by atoms with E-state index < -0.39 is 0 Å². The molecule has 1 saturated heterocycles. The van der Waals surface area contributed by atoms with Crippen molar-refractivity contribution in [2.75, 3.05) is 5.32 Å². The number of nitrogens with zero attached hydrogens (tertiary/aromatic N) is 2. The first-order valence-electron chi connectivity index (χ1n) is 9.17. The fourth-order valence-corrected chi connectivity index (χ4v) is 3.85. The van der Waals surface area contributed by atoms with Gasteiger partial charge in [0.2, 0.25) is 0 Å². The molecular formula is C20H24BN3O2S. The average Bonchev–Trinajstić information content (AvgIpc) is 3.18. The number of nitrogens with one attached hydrogen (secondary N) is 1. The first kappa shape index (κ1) is 18.4. The van der Waals surface area contributed by atoms with E-state index in [9.17, 15) is 0 Å². The fraction of sp³-hybridized carbons (Fsp3) is 0.400. The normalized spacial score (nSPS) is 19.4. The number of aromatic nitrogens is 2. The highest BCUT2D eigenvalue weighted by atomic mass is 32.1. The Morgan fingerprint density at radius 3 is 2.33 bits per heavy atom. The van der Waals surface area contributed by atoms with E-state index in [0.717, 1.165) is 21.5 Å². The van der Waals surface area contributed by atoms with Crippen molar-refractivity contribution >= 4 is 40.0 Å². The van der Waals surface area contributed by atoms with Gasteiger partial charge in [-0.15, -0.1) is 11.3 Å². The summed E-state index contributed by atoms with van der Waals surface area (Å²) in [7, 11) is -0.334. The molecule has 140 valence electrons. The Balaban J connectivity index is 1.50. The highest BCUT2D eigenvalue weighted by molar-refractivity contribution is 7.16. The quantitative estimate of drug-likeness (QED) is 0.688. The largest absolute Gasteiger partial charge is 0.494 e. The molecule has 0 aliphatic carbocycles. The van der Waals surface area contributed by atoms with Crippen LogP contribution in [0.2, 0.25) is 0 Å². The van der Waals surface area contributed by atoms with Crippen molar-refractivity contribution in [3.8, 4) is 0 Å². The minimum atomic E-state index is -0.334. The summed E-state index contributed by atoms with van der Waals surface area (Å²) >= 11 is 1.62. The van der Waals surface area contributed by atoms with Gasteiger partial charge in [-0.2, -0.15) is 0 Å². The Kier molecular flexibility index (Phi) is 4.49. The zero-order chi connectivity index (χ0) is 19.2. The molecule has 1 fully saturated rings. The molecule has 0 saturated carbocycles. The van der Waals surface area contributed by atoms with Crippen molar-refractivity contribution in [1.29, 1.82) is 0 Å². The number of benzene rings is 1. The highest BCUT2D eigenvalue weighted by Gasteiger charge is 2.51. The summed E-state index contributed by atoms with van der Waals surface area (Å²) < 4.78 is 12.3. The highest BCUT2D eigenvalue weighted by Crippen LogP contribution is 2.36. The average molecular weight is 381 g/mol. The van der Waals surface area contributed by atoms with Crippen LogP contribution in [-0.2, 0) is 9.31 Å². The Labute approximate surface area is 164 Å². The van der Waals surface area contributed by atoms with Crippen molar-refractivity contribution < 1.29 is 9.31 Å². The van der Waals surface area contributed by atoms with Crippen LogP contribution in [0.25, 0.3) is 10.2 Å². The molecule has 5 nitrogen and oxygen atoms in total. The van der Waals surface area contributed by atoms with Crippen molar-refractivity contribution in [2.45, 2.75) is 51.9 Å². The molecule has 3 heterocycles. The van der Waals surface area contributed by atoms with Crippen LogP contribution in [0.1, 0.15) is 46.2 Å². The summed E-state index contributed by atoms with van der Waals surface area (Å²) in [5, 5.41) is 6.59. The van der Waals surface area contributed by atoms with Crippen molar-refractivity contribution in [3.63, 3.8) is 0 Å². The Morgan fingerprint density at radius 1 is 1.00 bits per heavy atom. The van der Waals surface area contributed by atoms with Crippen LogP contribution in [0.15, 0.2) is 42.0 Å². The standard InChI is InChI=1S/C20H24BN3O2S/c1-13(24-17-16-10-11-27-18(16)23-12-22-17)14-6-8-15(9-7-14)21-25-19(2,3)20(4,5)26-21/h6-13H,1-5H3,(H,22,23,24). The molecule has 27 heavy (non-hydrogen) atoms. The summed E-state index contributed by atoms with van der Waals surface area (Å²) in [6, 6.07) is 10.6. The lowest BCUT2D eigenvalue weighted by atomic mass is 9.78. The lowest BCUT2D eigenvalue weighted by Crippen LogP contribution is -2.41. The Morgan fingerprint density at radius 2 is 1.67 bits per heavy atom. The molecule has 7 heteroatoms. The summed E-state index contributed by atoms with van der Waals surface area (Å²) in [4.78, 5) is 9.70. The van der Waals surface area contributed by atoms with Crippen LogP contribution in [0.4, 0.5) is 5.82 Å². The molecule has 0 bridgehead atoms. The SMILES string of the molecule is CC(Nc1ncnc2sccc12)c1ccc(B2OC(C)(C)C(C)(C)O2)cc1. The van der Waals surface area contributed by atoms with E-state index in [-0.39, 0.29) is 24.4 Å². The van der Waals surface area contributed by atoms with Gasteiger partial charge in [-0.25, -0.2) is 9.97 Å². The third kappa shape index (κ3) is 3.35. The maximum Gasteiger partial charge on any atom is 0.494 e. The third-order valence-corrected chi connectivity index (χ3v) is 6.40. The molecule has 1 unspecified atom stereocenters. The van der Waals surface area contributed by atoms with E-state index in [1.807, 2.05) is 5.38 Å². The topological polar surface area (TPSA) is 56.3 Å². The number of anilines is 1. The van der Waals surface area contributed by atoms with E-state index in [2.05, 4.69) is 80.2 Å². The zero-order valence-electron chi connectivity index (χ0n) is 16.3. The fourth-order valence-electron chi connectivity index (χ4n) is 3.11. The summed E-state index contributed by atoms with van der Waals surface area (Å²) in [6.45, 7) is 10.4. The second-order valence-corrected chi connectivity index (χ2v) is 8.88. The number of fused-ring (bicyclic) bond motifs is 1. The smallest absolute Gasteiger partial charge is 0.399 e. The van der Waals surface area contributed by atoms with Gasteiger partial charge in [-0.05, 0) is 57.1 Å². The summed E-state index contributed by atoms with van der Waals surface area (Å²) in [5.74, 6) is 0.865. The van der Waals surface area contributed by atoms with Gasteiger partial charge in [0.25, 0.3) is 0 Å². The molecule has 1 atom stereocenters. The molecular weight excluding hydrogens is 357 g/mol. The van der Waals surface area contributed by atoms with E-state index >= 15 is 0 Å². The maximum atomic E-state index is 6.13. The lowest BCUT2D eigenvalue weighted by Gasteiger charge is -2.32. The summed E-state index contributed by atoms with van der Waals surface area (Å²) in [6.07, 6.45) is 1.61. The number of hydrogen-bond acceptors (Lipinski definition) is 6. The Bertz CT molecular complexity index is 939. The minimum absolute atomic E-state index is 0.121. The predicted octanol–water partition coefficient (Wildman–Crippen LogP) is 4.16. The molecule has 1 aromatic carbocycles. The molecule has 1 N–H and O–H groups in total. The van der Waals surface area contributed by atoms with Crippen molar-refractivity contribution in [1.82, 2.24) is 9.97 Å².